The van der Waals surface area contributed by atoms with Gasteiger partial charge in [-0.2, -0.15) is 0 Å². The molecule has 1 aliphatic rings. The molecule has 0 aromatic heterocycles. The minimum Gasteiger partial charge on any atom is -0.450 e. The molecular weight excluding hydrogens is 372 g/mol. The summed E-state index contributed by atoms with van der Waals surface area (Å²) in [6.07, 6.45) is 6.30. The third-order valence-corrected chi connectivity index (χ3v) is 6.65. The Hall–Kier alpha value is -1.24. The fourth-order valence-corrected chi connectivity index (χ4v) is 4.15. The van der Waals surface area contributed by atoms with Crippen molar-refractivity contribution in [1.82, 2.24) is 10.2 Å². The van der Waals surface area contributed by atoms with Crippen molar-refractivity contribution in [2.45, 2.75) is 96.6 Å². The van der Waals surface area contributed by atoms with Gasteiger partial charge in [0.25, 0.3) is 0 Å². The standard InChI is InChI=1S/C21H42N2O4Si/c1-21(2,3)27-19(24)22-18(15-17-11-9-8-10-12-17)16-23(4)20(25)26-13-14-28(5,6)7/h17-18H,8-16H2,1-7H3,(H,22,24)/t18-/m0/s1. The molecule has 1 aliphatic carbocycles. The molecule has 1 rings (SSSR count). The van der Waals surface area contributed by atoms with Crippen molar-refractivity contribution in [3.05, 3.63) is 0 Å². The average molecular weight is 415 g/mol. The monoisotopic (exact) mass is 414 g/mol. The predicted molar refractivity (Wildman–Crippen MR) is 116 cm³/mol. The Morgan fingerprint density at radius 3 is 2.29 bits per heavy atom. The first kappa shape index (κ1) is 24.8. The van der Waals surface area contributed by atoms with Crippen LogP contribution in [0.15, 0.2) is 0 Å². The quantitative estimate of drug-likeness (QED) is 0.550. The van der Waals surface area contributed by atoms with Gasteiger partial charge in [-0.1, -0.05) is 51.7 Å². The van der Waals surface area contributed by atoms with Crippen molar-refractivity contribution >= 4 is 20.3 Å². The largest absolute Gasteiger partial charge is 0.450 e. The lowest BCUT2D eigenvalue weighted by atomic mass is 9.85. The van der Waals surface area contributed by atoms with Gasteiger partial charge in [-0.3, -0.25) is 0 Å². The van der Waals surface area contributed by atoms with E-state index in [0.717, 1.165) is 12.5 Å². The number of nitrogens with one attached hydrogen (secondary N) is 1. The lowest BCUT2D eigenvalue weighted by Crippen LogP contribution is -2.47. The lowest BCUT2D eigenvalue weighted by molar-refractivity contribution is 0.0476. The van der Waals surface area contributed by atoms with Gasteiger partial charge in [0.2, 0.25) is 0 Å². The van der Waals surface area contributed by atoms with Gasteiger partial charge < -0.3 is 19.7 Å². The van der Waals surface area contributed by atoms with E-state index in [1.165, 1.54) is 32.1 Å². The van der Waals surface area contributed by atoms with Crippen LogP contribution < -0.4 is 5.32 Å². The third-order valence-electron chi connectivity index (χ3n) is 4.95. The first-order valence-electron chi connectivity index (χ1n) is 10.7. The fourth-order valence-electron chi connectivity index (χ4n) is 3.44. The van der Waals surface area contributed by atoms with Crippen LogP contribution in [0.1, 0.15) is 59.3 Å². The van der Waals surface area contributed by atoms with Crippen LogP contribution >= 0.6 is 0 Å². The highest BCUT2D eigenvalue weighted by Gasteiger charge is 2.26. The molecule has 0 heterocycles. The summed E-state index contributed by atoms with van der Waals surface area (Å²) in [5, 5.41) is 2.98. The van der Waals surface area contributed by atoms with Gasteiger partial charge in [-0.25, -0.2) is 9.59 Å². The van der Waals surface area contributed by atoms with Gasteiger partial charge in [0.05, 0.1) is 12.6 Å². The fraction of sp³-hybridized carbons (Fsp3) is 0.905. The molecule has 1 saturated carbocycles. The number of ether oxygens (including phenoxy) is 2. The molecule has 0 aromatic carbocycles. The second-order valence-electron chi connectivity index (χ2n) is 10.4. The number of nitrogens with zero attached hydrogens (tertiary/aromatic N) is 1. The first-order valence-corrected chi connectivity index (χ1v) is 14.4. The van der Waals surface area contributed by atoms with Crippen molar-refractivity contribution in [1.29, 1.82) is 0 Å². The van der Waals surface area contributed by atoms with Crippen molar-refractivity contribution in [2.75, 3.05) is 20.2 Å². The Kier molecular flexibility index (Phi) is 9.81. The molecule has 0 radical (unpaired) electrons. The summed E-state index contributed by atoms with van der Waals surface area (Å²) in [6.45, 7) is 13.2. The number of alkyl carbamates (subject to hydrolysis) is 1. The maximum Gasteiger partial charge on any atom is 0.409 e. The number of likely N-dealkylation sites (N-methyl/N-ethyl adjacent to an activating group) is 1. The zero-order chi connectivity index (χ0) is 21.4. The van der Waals surface area contributed by atoms with E-state index in [9.17, 15) is 9.59 Å². The Balaban J connectivity index is 2.61. The van der Waals surface area contributed by atoms with Gasteiger partial charge in [0, 0.05) is 21.7 Å². The van der Waals surface area contributed by atoms with Crippen LogP contribution in [-0.2, 0) is 9.47 Å². The molecular formula is C21H42N2O4Si. The van der Waals surface area contributed by atoms with Crippen LogP contribution in [0.25, 0.3) is 0 Å². The molecule has 0 saturated heterocycles. The topological polar surface area (TPSA) is 67.9 Å². The molecule has 1 N–H and O–H groups in total. The highest BCUT2D eigenvalue weighted by atomic mass is 28.3. The molecule has 0 aromatic rings. The SMILES string of the molecule is CN(C[C@H](CC1CCCCC1)NC(=O)OC(C)(C)C)C(=O)OCC[Si](C)(C)C. The number of amides is 2. The summed E-state index contributed by atoms with van der Waals surface area (Å²) in [5.41, 5.74) is -0.541. The predicted octanol–water partition coefficient (Wildman–Crippen LogP) is 5.26. The van der Waals surface area contributed by atoms with E-state index in [1.807, 2.05) is 20.8 Å². The van der Waals surface area contributed by atoms with E-state index in [4.69, 9.17) is 9.47 Å². The van der Waals surface area contributed by atoms with Gasteiger partial charge in [-0.15, -0.1) is 0 Å². The van der Waals surface area contributed by atoms with Gasteiger partial charge >= 0.3 is 12.2 Å². The van der Waals surface area contributed by atoms with Crippen LogP contribution in [0.4, 0.5) is 9.59 Å². The number of rotatable bonds is 8. The molecule has 1 fully saturated rings. The summed E-state index contributed by atoms with van der Waals surface area (Å²) in [5.74, 6) is 0.588. The van der Waals surface area contributed by atoms with E-state index in [1.54, 1.807) is 11.9 Å². The Bertz CT molecular complexity index is 494. The van der Waals surface area contributed by atoms with Crippen LogP contribution in [0, 0.1) is 5.92 Å². The summed E-state index contributed by atoms with van der Waals surface area (Å²) < 4.78 is 10.9. The number of hydrogen-bond donors (Lipinski definition) is 1. The Morgan fingerprint density at radius 1 is 1.14 bits per heavy atom. The summed E-state index contributed by atoms with van der Waals surface area (Å²) in [6, 6.07) is 0.821. The molecule has 7 heteroatoms. The van der Waals surface area contributed by atoms with Crippen LogP contribution in [0.3, 0.4) is 0 Å². The van der Waals surface area contributed by atoms with Crippen molar-refractivity contribution in [3.63, 3.8) is 0 Å². The molecule has 0 spiro atoms. The second-order valence-corrected chi connectivity index (χ2v) is 16.0. The summed E-state index contributed by atoms with van der Waals surface area (Å²) >= 11 is 0. The normalized spacial score (nSPS) is 17.0. The van der Waals surface area contributed by atoms with E-state index >= 15 is 0 Å². The molecule has 164 valence electrons. The van der Waals surface area contributed by atoms with E-state index in [-0.39, 0.29) is 12.1 Å². The molecule has 1 atom stereocenters. The number of carbonyl (C=O) groups is 2. The zero-order valence-corrected chi connectivity index (χ0v) is 20.1. The van der Waals surface area contributed by atoms with Gasteiger partial charge in [0.15, 0.2) is 0 Å². The summed E-state index contributed by atoms with van der Waals surface area (Å²) in [7, 11) is 0.503. The maximum atomic E-state index is 12.3. The maximum absolute atomic E-state index is 12.3. The van der Waals surface area contributed by atoms with Crippen LogP contribution in [0.2, 0.25) is 25.7 Å². The van der Waals surface area contributed by atoms with Crippen LogP contribution in [-0.4, -0.2) is 57.0 Å². The Morgan fingerprint density at radius 2 is 1.75 bits per heavy atom. The second kappa shape index (κ2) is 11.1. The van der Waals surface area contributed by atoms with Crippen molar-refractivity contribution in [3.8, 4) is 0 Å². The minimum atomic E-state index is -1.23. The molecule has 0 bridgehead atoms. The highest BCUT2D eigenvalue weighted by Crippen LogP contribution is 2.27. The third kappa shape index (κ3) is 11.6. The molecule has 2 amide bonds. The van der Waals surface area contributed by atoms with Crippen LogP contribution in [0.5, 0.6) is 0 Å². The molecule has 6 nitrogen and oxygen atoms in total. The van der Waals surface area contributed by atoms with Gasteiger partial charge in [0.1, 0.15) is 5.60 Å². The summed E-state index contributed by atoms with van der Waals surface area (Å²) in [4.78, 5) is 26.2. The zero-order valence-electron chi connectivity index (χ0n) is 19.1. The average Bonchev–Trinajstić information content (AvgIpc) is 2.52. The van der Waals surface area contributed by atoms with Crippen molar-refractivity contribution < 1.29 is 19.1 Å². The molecule has 28 heavy (non-hydrogen) atoms. The van der Waals surface area contributed by atoms with Gasteiger partial charge in [-0.05, 0) is 39.2 Å². The number of hydrogen-bond acceptors (Lipinski definition) is 4. The number of carbonyl (C=O) groups excluding carboxylic acids is 2. The lowest BCUT2D eigenvalue weighted by Gasteiger charge is -2.30. The van der Waals surface area contributed by atoms with Crippen molar-refractivity contribution in [2.24, 2.45) is 5.92 Å². The van der Waals surface area contributed by atoms with E-state index in [2.05, 4.69) is 25.0 Å². The molecule has 0 unspecified atom stereocenters. The molecule has 0 aliphatic heterocycles. The first-order chi connectivity index (χ1) is 12.9. The van der Waals surface area contributed by atoms with E-state index < -0.39 is 19.8 Å². The van der Waals surface area contributed by atoms with E-state index in [0.29, 0.717) is 19.1 Å². The Labute approximate surface area is 172 Å². The minimum absolute atomic E-state index is 0.132. The smallest absolute Gasteiger partial charge is 0.409 e. The highest BCUT2D eigenvalue weighted by molar-refractivity contribution is 6.76.